The topological polar surface area (TPSA) is 193 Å². The third-order valence-corrected chi connectivity index (χ3v) is 11.9. The molecule has 264 valence electrons. The van der Waals surface area contributed by atoms with Gasteiger partial charge in [-0.1, -0.05) is 44.2 Å². The van der Waals surface area contributed by atoms with E-state index < -0.39 is 74.7 Å². The third-order valence-electron chi connectivity index (χ3n) is 10.1. The van der Waals surface area contributed by atoms with Gasteiger partial charge in [0.25, 0.3) is 5.91 Å². The number of allylic oxidation sites excluding steroid dienone is 1. The van der Waals surface area contributed by atoms with Gasteiger partial charge in [-0.2, -0.15) is 0 Å². The van der Waals surface area contributed by atoms with Crippen molar-refractivity contribution < 1.29 is 42.2 Å². The lowest BCUT2D eigenvalue weighted by Gasteiger charge is -2.32. The molecular formula is C34H43N5O9S. The molecule has 1 aromatic heterocycles. The van der Waals surface area contributed by atoms with Crippen molar-refractivity contribution in [2.24, 2.45) is 17.8 Å². The molecule has 7 atom stereocenters. The van der Waals surface area contributed by atoms with Crippen molar-refractivity contribution in [3.05, 3.63) is 42.6 Å². The van der Waals surface area contributed by atoms with Gasteiger partial charge in [0.1, 0.15) is 29.5 Å². The van der Waals surface area contributed by atoms with Crippen molar-refractivity contribution >= 4 is 44.6 Å². The molecule has 49 heavy (non-hydrogen) atoms. The normalized spacial score (nSPS) is 30.6. The van der Waals surface area contributed by atoms with Gasteiger partial charge in [0.15, 0.2) is 0 Å². The minimum absolute atomic E-state index is 0.0166. The van der Waals surface area contributed by atoms with Crippen molar-refractivity contribution in [1.82, 2.24) is 25.2 Å². The summed E-state index contributed by atoms with van der Waals surface area (Å²) in [7, 11) is -2.36. The average molecular weight is 698 g/mol. The molecule has 6 rings (SSSR count). The Balaban J connectivity index is 1.34. The Labute approximate surface area is 285 Å². The lowest BCUT2D eigenvalue weighted by Crippen LogP contribution is -2.59. The van der Waals surface area contributed by atoms with E-state index in [1.54, 1.807) is 0 Å². The number of nitrogens with one attached hydrogen (secondary N) is 3. The minimum Gasteiger partial charge on any atom is -0.494 e. The first-order valence-electron chi connectivity index (χ1n) is 16.8. The summed E-state index contributed by atoms with van der Waals surface area (Å²) in [6.45, 7) is 3.78. The maximum Gasteiger partial charge on any atom is 0.405 e. The molecule has 4 N–H and O–H groups in total. The van der Waals surface area contributed by atoms with Crippen LogP contribution in [0.2, 0.25) is 0 Å². The Morgan fingerprint density at radius 2 is 1.84 bits per heavy atom. The molecule has 2 aliphatic heterocycles. The fourth-order valence-electron chi connectivity index (χ4n) is 7.19. The quantitative estimate of drug-likeness (QED) is 0.313. The van der Waals surface area contributed by atoms with Crippen LogP contribution >= 0.6 is 0 Å². The van der Waals surface area contributed by atoms with Crippen molar-refractivity contribution in [2.75, 3.05) is 13.7 Å². The minimum atomic E-state index is -3.89. The van der Waals surface area contributed by atoms with E-state index >= 15 is 0 Å². The van der Waals surface area contributed by atoms with Crippen LogP contribution in [0.1, 0.15) is 58.8 Å². The number of hydrogen-bond donors (Lipinski definition) is 4. The number of rotatable bonds is 7. The number of benzene rings is 1. The van der Waals surface area contributed by atoms with Crippen LogP contribution in [0.3, 0.4) is 0 Å². The Kier molecular flexibility index (Phi) is 9.48. The van der Waals surface area contributed by atoms with Gasteiger partial charge in [0.2, 0.25) is 27.7 Å². The molecule has 4 amide bonds. The fourth-order valence-corrected chi connectivity index (χ4v) is 8.55. The SMILES string of the molecule is COc1cnc(O[C@@H]2C[C@H]3C(=O)N[C@]4(C(=O)NS(=O)(=O)C5CC5)C[C@H]4C=CCC[C@@H](C)C[C@@H](C)[C@H](NC(=O)O)C(=O)N3C2)c2ccccc12. The molecule has 0 spiro atoms. The summed E-state index contributed by atoms with van der Waals surface area (Å²) in [6, 6.07) is 5.06. The van der Waals surface area contributed by atoms with Crippen LogP contribution in [0, 0.1) is 17.8 Å². The van der Waals surface area contributed by atoms with Crippen molar-refractivity contribution in [3.8, 4) is 11.6 Å². The Morgan fingerprint density at radius 1 is 1.10 bits per heavy atom. The summed E-state index contributed by atoms with van der Waals surface area (Å²) in [5.74, 6) is -1.96. The zero-order valence-electron chi connectivity index (χ0n) is 27.8. The smallest absolute Gasteiger partial charge is 0.405 e. The highest BCUT2D eigenvalue weighted by Crippen LogP contribution is 2.46. The van der Waals surface area contributed by atoms with Crippen LogP contribution in [-0.2, 0) is 24.4 Å². The predicted octanol–water partition coefficient (Wildman–Crippen LogP) is 2.72. The van der Waals surface area contributed by atoms with Crippen LogP contribution in [0.15, 0.2) is 42.6 Å². The first-order valence-corrected chi connectivity index (χ1v) is 18.3. The molecule has 14 nitrogen and oxygen atoms in total. The number of fused-ring (bicyclic) bond motifs is 3. The number of nitrogens with zero attached hydrogens (tertiary/aromatic N) is 2. The molecule has 0 bridgehead atoms. The number of carbonyl (C=O) groups is 4. The summed E-state index contributed by atoms with van der Waals surface area (Å²) in [5, 5.41) is 15.7. The first-order chi connectivity index (χ1) is 23.3. The number of carboxylic acid groups (broad SMARTS) is 1. The number of aromatic nitrogens is 1. The van der Waals surface area contributed by atoms with Gasteiger partial charge in [-0.3, -0.25) is 19.1 Å². The van der Waals surface area contributed by atoms with Crippen LogP contribution in [0.5, 0.6) is 11.6 Å². The van der Waals surface area contributed by atoms with Gasteiger partial charge in [0, 0.05) is 23.1 Å². The number of carbonyl (C=O) groups excluding carboxylic acids is 3. The maximum atomic E-state index is 14.3. The van der Waals surface area contributed by atoms with Crippen molar-refractivity contribution in [3.63, 3.8) is 0 Å². The highest BCUT2D eigenvalue weighted by atomic mass is 32.2. The van der Waals surface area contributed by atoms with Gasteiger partial charge < -0.3 is 30.1 Å². The molecule has 1 aromatic carbocycles. The van der Waals surface area contributed by atoms with E-state index in [-0.39, 0.29) is 31.2 Å². The summed E-state index contributed by atoms with van der Waals surface area (Å²) in [4.78, 5) is 59.8. The Hall–Kier alpha value is -4.40. The van der Waals surface area contributed by atoms with E-state index in [0.29, 0.717) is 36.8 Å². The summed E-state index contributed by atoms with van der Waals surface area (Å²) >= 11 is 0. The summed E-state index contributed by atoms with van der Waals surface area (Å²) in [5.41, 5.74) is -1.52. The number of sulfonamides is 1. The van der Waals surface area contributed by atoms with Gasteiger partial charge in [-0.15, -0.1) is 0 Å². The molecule has 0 radical (unpaired) electrons. The zero-order valence-corrected chi connectivity index (χ0v) is 28.6. The Bertz CT molecular complexity index is 1780. The molecule has 4 aliphatic rings. The van der Waals surface area contributed by atoms with E-state index in [4.69, 9.17) is 9.47 Å². The van der Waals surface area contributed by atoms with E-state index in [1.807, 2.05) is 50.3 Å². The number of amides is 4. The van der Waals surface area contributed by atoms with Crippen LogP contribution in [0.4, 0.5) is 4.79 Å². The summed E-state index contributed by atoms with van der Waals surface area (Å²) < 4.78 is 39.5. The second-order valence-electron chi connectivity index (χ2n) is 13.9. The van der Waals surface area contributed by atoms with E-state index in [9.17, 15) is 32.7 Å². The monoisotopic (exact) mass is 697 g/mol. The molecule has 2 aliphatic carbocycles. The largest absolute Gasteiger partial charge is 0.494 e. The highest BCUT2D eigenvalue weighted by molar-refractivity contribution is 7.91. The van der Waals surface area contributed by atoms with Gasteiger partial charge in [-0.25, -0.2) is 18.2 Å². The number of ether oxygens (including phenoxy) is 2. The standard InChI is InChI=1S/C34H43N5O9S/c1-19-8-4-5-9-21-16-34(21,32(42)38-49(45,46)23-12-13-23)37-29(40)26-15-22(18-39(26)31(41)28(20(2)14-19)36-33(43)44)48-30-25-11-7-6-10-24(25)27(47-3)17-35-30/h5-7,9-11,17,19-23,26,28,36H,4,8,12-16,18H2,1-3H3,(H,37,40)(H,38,42)(H,43,44)/t19-,20-,21-,22-,26+,28+,34-/m1/s1. The average Bonchev–Trinajstić information content (AvgIpc) is 3.98. The maximum absolute atomic E-state index is 14.3. The third kappa shape index (κ3) is 7.17. The lowest BCUT2D eigenvalue weighted by molar-refractivity contribution is -0.142. The molecule has 2 aromatic rings. The van der Waals surface area contributed by atoms with Crippen LogP contribution in [-0.4, -0.2) is 89.9 Å². The molecule has 1 saturated heterocycles. The van der Waals surface area contributed by atoms with Crippen LogP contribution < -0.4 is 24.8 Å². The van der Waals surface area contributed by atoms with Gasteiger partial charge in [0.05, 0.1) is 25.1 Å². The first kappa shape index (κ1) is 34.5. The second-order valence-corrected chi connectivity index (χ2v) is 15.8. The Morgan fingerprint density at radius 3 is 2.53 bits per heavy atom. The number of methoxy groups -OCH3 is 1. The van der Waals surface area contributed by atoms with Crippen LogP contribution in [0.25, 0.3) is 10.8 Å². The predicted molar refractivity (Wildman–Crippen MR) is 178 cm³/mol. The van der Waals surface area contributed by atoms with Crippen molar-refractivity contribution in [1.29, 1.82) is 0 Å². The lowest BCUT2D eigenvalue weighted by atomic mass is 9.88. The molecule has 0 unspecified atom stereocenters. The number of pyridine rings is 1. The van der Waals surface area contributed by atoms with Gasteiger partial charge in [-0.05, 0) is 56.4 Å². The van der Waals surface area contributed by atoms with E-state index in [1.165, 1.54) is 18.2 Å². The van der Waals surface area contributed by atoms with Crippen molar-refractivity contribution in [2.45, 2.75) is 87.8 Å². The second kappa shape index (κ2) is 13.5. The molecular weight excluding hydrogens is 654 g/mol. The number of hydrogen-bond acceptors (Lipinski definition) is 9. The zero-order chi connectivity index (χ0) is 35.1. The molecule has 3 fully saturated rings. The molecule has 2 saturated carbocycles. The van der Waals surface area contributed by atoms with E-state index in [0.717, 1.165) is 11.8 Å². The highest BCUT2D eigenvalue weighted by Gasteiger charge is 2.62. The van der Waals surface area contributed by atoms with E-state index in [2.05, 4.69) is 20.3 Å². The fraction of sp³-hybridized carbons (Fsp3) is 0.559. The van der Waals surface area contributed by atoms with Gasteiger partial charge >= 0.3 is 6.09 Å². The summed E-state index contributed by atoms with van der Waals surface area (Å²) in [6.07, 6.45) is 6.30. The molecule has 15 heteroatoms. The molecule has 3 heterocycles.